The van der Waals surface area contributed by atoms with E-state index in [1.807, 2.05) is 12.1 Å². The number of fused-ring (bicyclic) bond motifs is 1. The van der Waals surface area contributed by atoms with Gasteiger partial charge in [0.25, 0.3) is 0 Å². The summed E-state index contributed by atoms with van der Waals surface area (Å²) in [6.45, 7) is 0.910. The fourth-order valence-corrected chi connectivity index (χ4v) is 4.40. The molecule has 0 saturated carbocycles. The summed E-state index contributed by atoms with van der Waals surface area (Å²) in [4.78, 5) is 4.17. The average molecular weight is 297 g/mol. The number of benzene rings is 1. The molecule has 1 fully saturated rings. The number of nitrogens with zero attached hydrogens (tertiary/aromatic N) is 1. The largest absolute Gasteiger partial charge is 0.313 e. The first kappa shape index (κ1) is 12.8. The lowest BCUT2D eigenvalue weighted by Crippen LogP contribution is -2.32. The molecule has 1 aromatic carbocycles. The SMILES string of the molecule is O=S(=O)(CC1CCCN1)Nc1ccc2ncsc2c1. The fraction of sp³-hybridized carbons (Fsp3) is 0.417. The van der Waals surface area contributed by atoms with Crippen LogP contribution in [0.25, 0.3) is 10.2 Å². The van der Waals surface area contributed by atoms with Gasteiger partial charge in [-0.15, -0.1) is 11.3 Å². The van der Waals surface area contributed by atoms with Crippen LogP contribution in [-0.2, 0) is 10.0 Å². The van der Waals surface area contributed by atoms with Crippen LogP contribution >= 0.6 is 11.3 Å². The summed E-state index contributed by atoms with van der Waals surface area (Å²) in [7, 11) is -3.30. The predicted octanol–water partition coefficient (Wildman–Crippen LogP) is 1.79. The van der Waals surface area contributed by atoms with Gasteiger partial charge in [-0.3, -0.25) is 4.72 Å². The van der Waals surface area contributed by atoms with Gasteiger partial charge in [0, 0.05) is 6.04 Å². The molecule has 1 aliphatic heterocycles. The Kier molecular flexibility index (Phi) is 3.42. The van der Waals surface area contributed by atoms with Gasteiger partial charge in [0.2, 0.25) is 10.0 Å². The lowest BCUT2D eigenvalue weighted by molar-refractivity contribution is 0.582. The molecule has 1 saturated heterocycles. The molecule has 1 aromatic heterocycles. The van der Waals surface area contributed by atoms with Gasteiger partial charge in [0.15, 0.2) is 0 Å². The van der Waals surface area contributed by atoms with E-state index in [9.17, 15) is 8.42 Å². The lowest BCUT2D eigenvalue weighted by Gasteiger charge is -2.12. The first-order valence-corrected chi connectivity index (χ1v) is 8.73. The molecule has 1 aliphatic rings. The number of nitrogens with one attached hydrogen (secondary N) is 2. The van der Waals surface area contributed by atoms with E-state index in [1.54, 1.807) is 11.6 Å². The third-order valence-electron chi connectivity index (χ3n) is 3.19. The summed E-state index contributed by atoms with van der Waals surface area (Å²) in [6.07, 6.45) is 1.97. The van der Waals surface area contributed by atoms with Crippen LogP contribution in [0.3, 0.4) is 0 Å². The minimum atomic E-state index is -3.30. The third-order valence-corrected chi connectivity index (χ3v) is 5.37. The molecular formula is C12H15N3O2S2. The van der Waals surface area contributed by atoms with Crippen molar-refractivity contribution in [2.75, 3.05) is 17.0 Å². The minimum Gasteiger partial charge on any atom is -0.313 e. The van der Waals surface area contributed by atoms with E-state index >= 15 is 0 Å². The maximum absolute atomic E-state index is 12.1. The van der Waals surface area contributed by atoms with Crippen LogP contribution in [0.4, 0.5) is 5.69 Å². The number of thiazole rings is 1. The molecule has 1 atom stereocenters. The highest BCUT2D eigenvalue weighted by Gasteiger charge is 2.22. The highest BCUT2D eigenvalue weighted by Crippen LogP contribution is 2.22. The lowest BCUT2D eigenvalue weighted by atomic mass is 10.3. The van der Waals surface area contributed by atoms with Crippen LogP contribution < -0.4 is 10.0 Å². The van der Waals surface area contributed by atoms with Gasteiger partial charge >= 0.3 is 0 Å². The highest BCUT2D eigenvalue weighted by atomic mass is 32.2. The molecule has 0 bridgehead atoms. The van der Waals surface area contributed by atoms with Gasteiger partial charge in [-0.1, -0.05) is 0 Å². The number of hydrogen-bond donors (Lipinski definition) is 2. The molecule has 1 unspecified atom stereocenters. The summed E-state index contributed by atoms with van der Waals surface area (Å²) in [5, 5.41) is 3.20. The predicted molar refractivity (Wildman–Crippen MR) is 78.1 cm³/mol. The molecule has 7 heteroatoms. The molecule has 0 spiro atoms. The molecule has 2 heterocycles. The zero-order valence-corrected chi connectivity index (χ0v) is 11.9. The summed E-state index contributed by atoms with van der Waals surface area (Å²) >= 11 is 1.50. The molecule has 0 amide bonds. The van der Waals surface area contributed by atoms with E-state index in [0.717, 1.165) is 29.6 Å². The first-order chi connectivity index (χ1) is 9.12. The van der Waals surface area contributed by atoms with Crippen molar-refractivity contribution in [1.29, 1.82) is 0 Å². The molecule has 5 nitrogen and oxygen atoms in total. The maximum atomic E-state index is 12.1. The fourth-order valence-electron chi connectivity index (χ4n) is 2.30. The van der Waals surface area contributed by atoms with Crippen LogP contribution in [-0.4, -0.2) is 31.7 Å². The molecule has 2 aromatic rings. The van der Waals surface area contributed by atoms with Crippen LogP contribution in [0.2, 0.25) is 0 Å². The Morgan fingerprint density at radius 2 is 2.37 bits per heavy atom. The van der Waals surface area contributed by atoms with Crippen LogP contribution in [0.15, 0.2) is 23.7 Å². The van der Waals surface area contributed by atoms with Crippen molar-refractivity contribution in [3.63, 3.8) is 0 Å². The maximum Gasteiger partial charge on any atom is 0.234 e. The van der Waals surface area contributed by atoms with E-state index in [0.29, 0.717) is 5.69 Å². The Hall–Kier alpha value is -1.18. The first-order valence-electron chi connectivity index (χ1n) is 6.19. The average Bonchev–Trinajstić information content (AvgIpc) is 2.97. The highest BCUT2D eigenvalue weighted by molar-refractivity contribution is 7.92. The van der Waals surface area contributed by atoms with E-state index in [-0.39, 0.29) is 11.8 Å². The molecule has 2 N–H and O–H groups in total. The summed E-state index contributed by atoms with van der Waals surface area (Å²) in [5.41, 5.74) is 3.26. The Balaban J connectivity index is 1.75. The number of sulfonamides is 1. The van der Waals surface area contributed by atoms with Crippen molar-refractivity contribution in [3.8, 4) is 0 Å². The molecule has 102 valence electrons. The van der Waals surface area contributed by atoms with Gasteiger partial charge in [-0.25, -0.2) is 13.4 Å². The van der Waals surface area contributed by atoms with E-state index in [2.05, 4.69) is 15.0 Å². The Labute approximate surface area is 116 Å². The monoisotopic (exact) mass is 297 g/mol. The van der Waals surface area contributed by atoms with Gasteiger partial charge < -0.3 is 5.32 Å². The summed E-state index contributed by atoms with van der Waals surface area (Å²) in [6, 6.07) is 5.48. The van der Waals surface area contributed by atoms with E-state index < -0.39 is 10.0 Å². The van der Waals surface area contributed by atoms with Crippen molar-refractivity contribution in [2.24, 2.45) is 0 Å². The second kappa shape index (κ2) is 5.07. The third kappa shape index (κ3) is 3.05. The van der Waals surface area contributed by atoms with Crippen LogP contribution in [0.1, 0.15) is 12.8 Å². The number of aromatic nitrogens is 1. The molecule has 0 aliphatic carbocycles. The smallest absolute Gasteiger partial charge is 0.234 e. The molecule has 19 heavy (non-hydrogen) atoms. The Bertz CT molecular complexity index is 675. The standard InChI is InChI=1S/C12H15N3O2S2/c16-19(17,7-10-2-1-5-13-10)15-9-3-4-11-12(6-9)18-8-14-11/h3-4,6,8,10,13,15H,1-2,5,7H2. The Morgan fingerprint density at radius 1 is 1.47 bits per heavy atom. The van der Waals surface area contributed by atoms with Crippen molar-refractivity contribution < 1.29 is 8.42 Å². The summed E-state index contributed by atoms with van der Waals surface area (Å²) < 4.78 is 27.8. The second-order valence-corrected chi connectivity index (χ2v) is 7.36. The van der Waals surface area contributed by atoms with Crippen LogP contribution in [0.5, 0.6) is 0 Å². The second-order valence-electron chi connectivity index (χ2n) is 4.71. The topological polar surface area (TPSA) is 71.1 Å². The number of anilines is 1. The Morgan fingerprint density at radius 3 is 3.16 bits per heavy atom. The quantitative estimate of drug-likeness (QED) is 0.902. The van der Waals surface area contributed by atoms with Crippen molar-refractivity contribution in [3.05, 3.63) is 23.7 Å². The summed E-state index contributed by atoms with van der Waals surface area (Å²) in [5.74, 6) is 0.133. The van der Waals surface area contributed by atoms with Gasteiger partial charge in [-0.2, -0.15) is 0 Å². The molecule has 0 radical (unpaired) electrons. The van der Waals surface area contributed by atoms with Crippen LogP contribution in [0, 0.1) is 0 Å². The van der Waals surface area contributed by atoms with Gasteiger partial charge in [0.1, 0.15) is 0 Å². The van der Waals surface area contributed by atoms with E-state index in [4.69, 9.17) is 0 Å². The molecular weight excluding hydrogens is 282 g/mol. The number of rotatable bonds is 4. The zero-order valence-electron chi connectivity index (χ0n) is 10.3. The van der Waals surface area contributed by atoms with Crippen molar-refractivity contribution in [1.82, 2.24) is 10.3 Å². The normalized spacial score (nSPS) is 19.9. The van der Waals surface area contributed by atoms with E-state index in [1.165, 1.54) is 11.3 Å². The van der Waals surface area contributed by atoms with Gasteiger partial charge in [-0.05, 0) is 37.6 Å². The van der Waals surface area contributed by atoms with Gasteiger partial charge in [0.05, 0.1) is 27.2 Å². The van der Waals surface area contributed by atoms with Crippen molar-refractivity contribution in [2.45, 2.75) is 18.9 Å². The number of hydrogen-bond acceptors (Lipinski definition) is 5. The molecule has 3 rings (SSSR count). The zero-order chi connectivity index (χ0) is 13.3. The van der Waals surface area contributed by atoms with Crippen molar-refractivity contribution >= 4 is 37.3 Å². The minimum absolute atomic E-state index is 0.0737.